The third-order valence-electron chi connectivity index (χ3n) is 6.82. The number of hydrogen-bond donors (Lipinski definition) is 2. The fourth-order valence-corrected chi connectivity index (χ4v) is 5.52. The van der Waals surface area contributed by atoms with E-state index in [2.05, 4.69) is 25.8 Å². The molecule has 3 aromatic carbocycles. The Morgan fingerprint density at radius 1 is 0.952 bits per heavy atom. The van der Waals surface area contributed by atoms with Gasteiger partial charge in [-0.15, -0.1) is 5.10 Å². The van der Waals surface area contributed by atoms with E-state index in [1.54, 1.807) is 23.0 Å². The summed E-state index contributed by atoms with van der Waals surface area (Å²) < 4.78 is 14.6. The summed E-state index contributed by atoms with van der Waals surface area (Å²) in [5.74, 6) is 0.375. The normalized spacial score (nSPS) is 18.5. The SMILES string of the molecule is O=C(Nc1ccc([C@H]2O[C@@H](CSc3nnnn3-c3ccccc3)C[C@@H](c3ccc(CO)cc3)O2)cc1)c1cccnc1. The highest BCUT2D eigenvalue weighted by molar-refractivity contribution is 7.99. The number of aliphatic hydroxyl groups is 1. The Hall–Kier alpha value is -4.42. The second kappa shape index (κ2) is 13.0. The predicted molar refractivity (Wildman–Crippen MR) is 157 cm³/mol. The van der Waals surface area contributed by atoms with Crippen molar-refractivity contribution in [1.29, 1.82) is 0 Å². The quantitative estimate of drug-likeness (QED) is 0.228. The maximum atomic E-state index is 12.5. The van der Waals surface area contributed by atoms with Crippen molar-refractivity contribution in [1.82, 2.24) is 25.2 Å². The number of aliphatic hydroxyl groups excluding tert-OH is 1. The van der Waals surface area contributed by atoms with E-state index in [0.29, 0.717) is 28.6 Å². The molecule has 212 valence electrons. The zero-order valence-corrected chi connectivity index (χ0v) is 23.3. The molecule has 6 rings (SSSR count). The van der Waals surface area contributed by atoms with Crippen molar-refractivity contribution in [2.45, 2.75) is 36.7 Å². The molecule has 5 aromatic rings. The van der Waals surface area contributed by atoms with Crippen molar-refractivity contribution < 1.29 is 19.4 Å². The molecule has 2 N–H and O–H groups in total. The maximum absolute atomic E-state index is 12.5. The number of ether oxygens (including phenoxy) is 2. The minimum Gasteiger partial charge on any atom is -0.392 e. The van der Waals surface area contributed by atoms with E-state index >= 15 is 0 Å². The van der Waals surface area contributed by atoms with Gasteiger partial charge in [0.15, 0.2) is 6.29 Å². The Balaban J connectivity index is 1.18. The summed E-state index contributed by atoms with van der Waals surface area (Å²) >= 11 is 1.52. The van der Waals surface area contributed by atoms with E-state index in [9.17, 15) is 9.90 Å². The summed E-state index contributed by atoms with van der Waals surface area (Å²) in [6.07, 6.45) is 2.77. The van der Waals surface area contributed by atoms with E-state index in [1.807, 2.05) is 78.9 Å². The lowest BCUT2D eigenvalue weighted by Crippen LogP contribution is -2.31. The summed E-state index contributed by atoms with van der Waals surface area (Å²) in [4.78, 5) is 16.5. The lowest BCUT2D eigenvalue weighted by molar-refractivity contribution is -0.245. The van der Waals surface area contributed by atoms with E-state index in [4.69, 9.17) is 9.47 Å². The first-order chi connectivity index (χ1) is 20.7. The number of amides is 1. The largest absolute Gasteiger partial charge is 0.392 e. The Labute approximate surface area is 246 Å². The monoisotopic (exact) mass is 580 g/mol. The highest BCUT2D eigenvalue weighted by Gasteiger charge is 2.32. The molecule has 3 heterocycles. The number of anilines is 1. The molecule has 1 saturated heterocycles. The number of nitrogens with zero attached hydrogens (tertiary/aromatic N) is 5. The number of carbonyl (C=O) groups is 1. The van der Waals surface area contributed by atoms with Crippen LogP contribution in [0.3, 0.4) is 0 Å². The first-order valence-corrected chi connectivity index (χ1v) is 14.4. The Bertz CT molecular complexity index is 1600. The molecule has 1 amide bonds. The van der Waals surface area contributed by atoms with Gasteiger partial charge in [0.05, 0.1) is 30.1 Å². The average molecular weight is 581 g/mol. The molecule has 2 aromatic heterocycles. The summed E-state index contributed by atoms with van der Waals surface area (Å²) in [5, 5.41) is 25.3. The van der Waals surface area contributed by atoms with Crippen LogP contribution in [0.1, 0.15) is 45.9 Å². The van der Waals surface area contributed by atoms with E-state index in [-0.39, 0.29) is 24.7 Å². The van der Waals surface area contributed by atoms with Crippen LogP contribution < -0.4 is 5.32 Å². The standard InChI is InChI=1S/C31H28N6O4S/c38-19-21-8-10-22(11-9-21)28-17-27(20-42-31-34-35-36-37(31)26-6-2-1-3-7-26)40-30(41-28)23-12-14-25(15-13-23)33-29(39)24-5-4-16-32-18-24/h1-16,18,27-28,30,38H,17,19-20H2,(H,33,39)/t27-,28+,30+/m1/s1. The molecule has 0 unspecified atom stereocenters. The van der Waals surface area contributed by atoms with Gasteiger partial charge in [-0.2, -0.15) is 4.68 Å². The van der Waals surface area contributed by atoms with Crippen molar-refractivity contribution in [2.75, 3.05) is 11.1 Å². The number of pyridine rings is 1. The molecule has 0 radical (unpaired) electrons. The fourth-order valence-electron chi connectivity index (χ4n) is 4.61. The van der Waals surface area contributed by atoms with Crippen LogP contribution in [0, 0.1) is 0 Å². The first kappa shape index (κ1) is 27.7. The topological polar surface area (TPSA) is 124 Å². The van der Waals surface area contributed by atoms with Gasteiger partial charge in [0.2, 0.25) is 5.16 Å². The molecule has 10 nitrogen and oxygen atoms in total. The fraction of sp³-hybridized carbons (Fsp3) is 0.194. The van der Waals surface area contributed by atoms with Crippen molar-refractivity contribution in [3.05, 3.63) is 126 Å². The average Bonchev–Trinajstić information content (AvgIpc) is 3.54. The number of thioether (sulfide) groups is 1. The van der Waals surface area contributed by atoms with Gasteiger partial charge in [0.1, 0.15) is 0 Å². The Morgan fingerprint density at radius 3 is 2.48 bits per heavy atom. The molecular formula is C31H28N6O4S. The highest BCUT2D eigenvalue weighted by atomic mass is 32.2. The van der Waals surface area contributed by atoms with Gasteiger partial charge in [0.25, 0.3) is 5.91 Å². The minimum absolute atomic E-state index is 0.0173. The minimum atomic E-state index is -0.625. The van der Waals surface area contributed by atoms with Gasteiger partial charge in [-0.05, 0) is 58.0 Å². The molecule has 3 atom stereocenters. The number of para-hydroxylation sites is 1. The van der Waals surface area contributed by atoms with Crippen LogP contribution in [-0.2, 0) is 16.1 Å². The van der Waals surface area contributed by atoms with Crippen LogP contribution in [0.5, 0.6) is 0 Å². The van der Waals surface area contributed by atoms with Crippen molar-refractivity contribution in [3.63, 3.8) is 0 Å². The third kappa shape index (κ3) is 6.55. The molecular weight excluding hydrogens is 552 g/mol. The molecule has 0 saturated carbocycles. The number of nitrogens with one attached hydrogen (secondary N) is 1. The maximum Gasteiger partial charge on any atom is 0.257 e. The first-order valence-electron chi connectivity index (χ1n) is 13.4. The molecule has 1 aliphatic rings. The smallest absolute Gasteiger partial charge is 0.257 e. The van der Waals surface area contributed by atoms with Crippen LogP contribution in [0.25, 0.3) is 5.69 Å². The number of carbonyl (C=O) groups excluding carboxylic acids is 1. The molecule has 1 fully saturated rings. The second-order valence-electron chi connectivity index (χ2n) is 9.69. The van der Waals surface area contributed by atoms with Gasteiger partial charge in [-0.3, -0.25) is 9.78 Å². The number of tetrazole rings is 1. The zero-order chi connectivity index (χ0) is 28.7. The van der Waals surface area contributed by atoms with Crippen LogP contribution in [0.15, 0.2) is 109 Å². The molecule has 0 spiro atoms. The number of benzene rings is 3. The van der Waals surface area contributed by atoms with Crippen molar-refractivity contribution in [3.8, 4) is 5.69 Å². The van der Waals surface area contributed by atoms with Crippen LogP contribution in [-0.4, -0.2) is 48.1 Å². The molecule has 11 heteroatoms. The van der Waals surface area contributed by atoms with Crippen molar-refractivity contribution in [2.24, 2.45) is 0 Å². The Morgan fingerprint density at radius 2 is 1.74 bits per heavy atom. The van der Waals surface area contributed by atoms with Crippen LogP contribution in [0.2, 0.25) is 0 Å². The van der Waals surface area contributed by atoms with Gasteiger partial charge >= 0.3 is 0 Å². The van der Waals surface area contributed by atoms with Crippen LogP contribution in [0.4, 0.5) is 5.69 Å². The summed E-state index contributed by atoms with van der Waals surface area (Å²) in [6, 6.07) is 28.4. The lowest BCUT2D eigenvalue weighted by atomic mass is 10.0. The summed E-state index contributed by atoms with van der Waals surface area (Å²) in [6.45, 7) is -0.0173. The Kier molecular flexibility index (Phi) is 8.61. The van der Waals surface area contributed by atoms with Gasteiger partial charge < -0.3 is 19.9 Å². The second-order valence-corrected chi connectivity index (χ2v) is 10.7. The van der Waals surface area contributed by atoms with E-state index in [1.165, 1.54) is 18.0 Å². The number of aromatic nitrogens is 5. The summed E-state index contributed by atoms with van der Waals surface area (Å²) in [7, 11) is 0. The van der Waals surface area contributed by atoms with Gasteiger partial charge in [-0.1, -0.05) is 66.4 Å². The molecule has 0 bridgehead atoms. The van der Waals surface area contributed by atoms with Crippen LogP contribution >= 0.6 is 11.8 Å². The number of rotatable bonds is 9. The third-order valence-corrected chi connectivity index (χ3v) is 7.87. The predicted octanol–water partition coefficient (Wildman–Crippen LogP) is 5.14. The molecule has 42 heavy (non-hydrogen) atoms. The lowest BCUT2D eigenvalue weighted by Gasteiger charge is -2.36. The highest BCUT2D eigenvalue weighted by Crippen LogP contribution is 2.39. The van der Waals surface area contributed by atoms with E-state index in [0.717, 1.165) is 22.4 Å². The van der Waals surface area contributed by atoms with Gasteiger partial charge in [-0.25, -0.2) is 0 Å². The molecule has 0 aliphatic carbocycles. The van der Waals surface area contributed by atoms with Gasteiger partial charge in [0, 0.05) is 35.8 Å². The van der Waals surface area contributed by atoms with E-state index < -0.39 is 6.29 Å². The summed E-state index contributed by atoms with van der Waals surface area (Å²) in [5.41, 5.74) is 4.69. The zero-order valence-electron chi connectivity index (χ0n) is 22.5. The molecule has 1 aliphatic heterocycles. The van der Waals surface area contributed by atoms with Crippen molar-refractivity contribution >= 4 is 23.4 Å². The number of hydrogen-bond acceptors (Lipinski definition) is 9.